The lowest BCUT2D eigenvalue weighted by Crippen LogP contribution is -2.36. The number of nitrogens with one attached hydrogen (secondary N) is 2. The van der Waals surface area contributed by atoms with Crippen molar-refractivity contribution in [2.24, 2.45) is 5.10 Å². The minimum Gasteiger partial charge on any atom is -0.497 e. The van der Waals surface area contributed by atoms with E-state index in [1.54, 1.807) is 43.5 Å². The normalized spacial score (nSPS) is 16.2. The number of aromatic nitrogens is 2. The molecule has 0 radical (unpaired) electrons. The third-order valence-electron chi connectivity index (χ3n) is 7.62. The largest absolute Gasteiger partial charge is 0.497 e. The van der Waals surface area contributed by atoms with E-state index in [2.05, 4.69) is 20.9 Å². The van der Waals surface area contributed by atoms with Gasteiger partial charge in [-0.3, -0.25) is 4.79 Å². The number of methoxy groups -OCH3 is 2. The summed E-state index contributed by atoms with van der Waals surface area (Å²) in [5, 5.41) is 11.0. The summed E-state index contributed by atoms with van der Waals surface area (Å²) in [5.41, 5.74) is 6.53. The first-order valence-corrected chi connectivity index (χ1v) is 13.8. The Hall–Kier alpha value is -5.00. The van der Waals surface area contributed by atoms with Crippen LogP contribution in [0.5, 0.6) is 17.2 Å². The standard InChI is InChI=1S/C32H32F3N5O4/c1-19-6-5-7-27(20(19)2)44-18-23-14-21(8-13-28(23)43-4)16-36-39-31(41)25-17-37-40-29(32(33,34)35)15-26(38-30(25)40)22-9-11-24(42-3)12-10-22/h5-14,16-17,26,29,38H,15,18H2,1-4H3,(H,39,41)/b36-16-/t26-,29+/m1/s1. The maximum Gasteiger partial charge on any atom is 0.410 e. The molecule has 9 nitrogen and oxygen atoms in total. The summed E-state index contributed by atoms with van der Waals surface area (Å²) in [6.07, 6.45) is -2.33. The van der Waals surface area contributed by atoms with Crippen LogP contribution in [-0.2, 0) is 6.61 Å². The van der Waals surface area contributed by atoms with E-state index in [9.17, 15) is 18.0 Å². The Morgan fingerprint density at radius 2 is 1.86 bits per heavy atom. The van der Waals surface area contributed by atoms with E-state index in [4.69, 9.17) is 14.2 Å². The van der Waals surface area contributed by atoms with Gasteiger partial charge in [0.05, 0.1) is 32.7 Å². The molecule has 4 aromatic rings. The predicted molar refractivity (Wildman–Crippen MR) is 160 cm³/mol. The van der Waals surface area contributed by atoms with Crippen LogP contribution in [0.1, 0.15) is 56.7 Å². The summed E-state index contributed by atoms with van der Waals surface area (Å²) in [5.74, 6) is 1.22. The first kappa shape index (κ1) is 30.5. The second-order valence-corrected chi connectivity index (χ2v) is 10.4. The number of alkyl halides is 3. The van der Waals surface area contributed by atoms with Crippen molar-refractivity contribution in [2.45, 2.75) is 45.1 Å². The Morgan fingerprint density at radius 3 is 2.57 bits per heavy atom. The molecule has 0 saturated heterocycles. The van der Waals surface area contributed by atoms with Crippen LogP contribution in [0.4, 0.5) is 19.0 Å². The topological polar surface area (TPSA) is 99.0 Å². The van der Waals surface area contributed by atoms with Crippen molar-refractivity contribution in [3.8, 4) is 17.2 Å². The van der Waals surface area contributed by atoms with Crippen LogP contribution in [0.25, 0.3) is 0 Å². The number of rotatable bonds is 9. The molecular weight excluding hydrogens is 575 g/mol. The molecular formula is C32H32F3N5O4. The first-order chi connectivity index (χ1) is 21.1. The number of anilines is 1. The van der Waals surface area contributed by atoms with Gasteiger partial charge in [0, 0.05) is 12.0 Å². The monoisotopic (exact) mass is 607 g/mol. The van der Waals surface area contributed by atoms with Crippen molar-refractivity contribution in [3.63, 3.8) is 0 Å². The Kier molecular flexibility index (Phi) is 8.79. The summed E-state index contributed by atoms with van der Waals surface area (Å²) in [4.78, 5) is 13.1. The fraction of sp³-hybridized carbons (Fsp3) is 0.281. The SMILES string of the molecule is COc1ccc([C@H]2C[C@@H](C(F)(F)F)n3ncc(C(=O)N/N=C\c4ccc(OC)c(COc5cccc(C)c5C)c4)c3N2)cc1. The minimum absolute atomic E-state index is 0.0394. The van der Waals surface area contributed by atoms with Crippen LogP contribution < -0.4 is 25.0 Å². The number of carbonyl (C=O) groups is 1. The smallest absolute Gasteiger partial charge is 0.410 e. The van der Waals surface area contributed by atoms with E-state index in [-0.39, 0.29) is 24.4 Å². The lowest BCUT2D eigenvalue weighted by molar-refractivity contribution is -0.173. The number of amides is 1. The van der Waals surface area contributed by atoms with Gasteiger partial charge in [0.15, 0.2) is 6.04 Å². The van der Waals surface area contributed by atoms with Crippen molar-refractivity contribution in [3.05, 3.63) is 100 Å². The van der Waals surface area contributed by atoms with Gasteiger partial charge in [-0.2, -0.15) is 23.4 Å². The van der Waals surface area contributed by atoms with Crippen molar-refractivity contribution < 1.29 is 32.2 Å². The summed E-state index contributed by atoms with van der Waals surface area (Å²) < 4.78 is 59.6. The number of nitrogens with zero attached hydrogens (tertiary/aromatic N) is 3. The lowest BCUT2D eigenvalue weighted by atomic mass is 9.96. The molecule has 3 aromatic carbocycles. The van der Waals surface area contributed by atoms with Crippen molar-refractivity contribution in [1.29, 1.82) is 0 Å². The van der Waals surface area contributed by atoms with Crippen LogP contribution in [-0.4, -0.2) is 42.3 Å². The van der Waals surface area contributed by atoms with Crippen LogP contribution >= 0.6 is 0 Å². The minimum atomic E-state index is -4.58. The number of hydrogen-bond donors (Lipinski definition) is 2. The van der Waals surface area contributed by atoms with Crippen molar-refractivity contribution in [2.75, 3.05) is 19.5 Å². The average Bonchev–Trinajstić information content (AvgIpc) is 3.45. The van der Waals surface area contributed by atoms with E-state index in [1.165, 1.54) is 13.3 Å². The quantitative estimate of drug-likeness (QED) is 0.166. The molecule has 230 valence electrons. The number of halogens is 3. The Labute approximate surface area is 252 Å². The number of benzene rings is 3. The van der Waals surface area contributed by atoms with Gasteiger partial charge in [-0.15, -0.1) is 0 Å². The number of ether oxygens (including phenoxy) is 3. The van der Waals surface area contributed by atoms with E-state index in [0.717, 1.165) is 33.3 Å². The van der Waals surface area contributed by atoms with Gasteiger partial charge < -0.3 is 19.5 Å². The van der Waals surface area contributed by atoms with Gasteiger partial charge in [-0.05, 0) is 72.5 Å². The fourth-order valence-corrected chi connectivity index (χ4v) is 5.04. The van der Waals surface area contributed by atoms with Gasteiger partial charge in [-0.1, -0.05) is 24.3 Å². The van der Waals surface area contributed by atoms with E-state index < -0.39 is 24.2 Å². The third-order valence-corrected chi connectivity index (χ3v) is 7.62. The highest BCUT2D eigenvalue weighted by atomic mass is 19.4. The van der Waals surface area contributed by atoms with Gasteiger partial charge in [0.2, 0.25) is 0 Å². The van der Waals surface area contributed by atoms with Crippen LogP contribution in [0.3, 0.4) is 0 Å². The number of carbonyl (C=O) groups excluding carboxylic acids is 1. The molecule has 12 heteroatoms. The van der Waals surface area contributed by atoms with Crippen molar-refractivity contribution in [1.82, 2.24) is 15.2 Å². The highest BCUT2D eigenvalue weighted by molar-refractivity contribution is 5.99. The lowest BCUT2D eigenvalue weighted by Gasteiger charge is -2.34. The average molecular weight is 608 g/mol. The molecule has 44 heavy (non-hydrogen) atoms. The van der Waals surface area contributed by atoms with Crippen LogP contribution in [0.2, 0.25) is 0 Å². The number of fused-ring (bicyclic) bond motifs is 1. The zero-order valence-electron chi connectivity index (χ0n) is 24.6. The molecule has 0 spiro atoms. The summed E-state index contributed by atoms with van der Waals surface area (Å²) in [7, 11) is 3.07. The zero-order chi connectivity index (χ0) is 31.4. The maximum absolute atomic E-state index is 14.1. The zero-order valence-corrected chi connectivity index (χ0v) is 24.6. The predicted octanol–water partition coefficient (Wildman–Crippen LogP) is 6.52. The fourth-order valence-electron chi connectivity index (χ4n) is 5.04. The molecule has 2 atom stereocenters. The maximum atomic E-state index is 14.1. The molecule has 0 fully saturated rings. The van der Waals surface area contributed by atoms with Crippen LogP contribution in [0.15, 0.2) is 72.0 Å². The van der Waals surface area contributed by atoms with Gasteiger partial charge >= 0.3 is 6.18 Å². The molecule has 0 saturated carbocycles. The van der Waals surface area contributed by atoms with E-state index in [1.807, 2.05) is 38.1 Å². The Balaban J connectivity index is 1.32. The van der Waals surface area contributed by atoms with Gasteiger partial charge in [0.1, 0.15) is 35.2 Å². The van der Waals surface area contributed by atoms with E-state index in [0.29, 0.717) is 22.6 Å². The number of aryl methyl sites for hydroxylation is 1. The summed E-state index contributed by atoms with van der Waals surface area (Å²) in [6.45, 7) is 4.24. The molecule has 0 aliphatic carbocycles. The molecule has 1 amide bonds. The second-order valence-electron chi connectivity index (χ2n) is 10.4. The first-order valence-electron chi connectivity index (χ1n) is 13.8. The molecule has 2 heterocycles. The van der Waals surface area contributed by atoms with Gasteiger partial charge in [0.25, 0.3) is 5.91 Å². The van der Waals surface area contributed by atoms with Crippen molar-refractivity contribution >= 4 is 17.9 Å². The molecule has 0 bridgehead atoms. The molecule has 5 rings (SSSR count). The molecule has 0 unspecified atom stereocenters. The molecule has 2 N–H and O–H groups in total. The Bertz CT molecular complexity index is 1670. The summed E-state index contributed by atoms with van der Waals surface area (Å²) >= 11 is 0. The van der Waals surface area contributed by atoms with E-state index >= 15 is 0 Å². The van der Waals surface area contributed by atoms with Gasteiger partial charge in [-0.25, -0.2) is 10.1 Å². The molecule has 1 aromatic heterocycles. The van der Waals surface area contributed by atoms with Crippen LogP contribution in [0, 0.1) is 13.8 Å². The summed E-state index contributed by atoms with van der Waals surface area (Å²) in [6, 6.07) is 15.3. The molecule has 1 aliphatic rings. The highest BCUT2D eigenvalue weighted by Crippen LogP contribution is 2.44. The number of hydrogen-bond acceptors (Lipinski definition) is 7. The number of hydrazone groups is 1. The molecule has 1 aliphatic heterocycles. The third kappa shape index (κ3) is 6.48. The second kappa shape index (κ2) is 12.7. The highest BCUT2D eigenvalue weighted by Gasteiger charge is 2.47. The Morgan fingerprint density at radius 1 is 1.09 bits per heavy atom.